The molecule has 4 heteroatoms. The number of nitrogens with two attached hydrogens (primary N) is 1. The molecule has 0 amide bonds. The fourth-order valence-corrected chi connectivity index (χ4v) is 2.01. The van der Waals surface area contributed by atoms with Crippen LogP contribution in [-0.4, -0.2) is 35.5 Å². The Hall–Kier alpha value is -1.52. The average Bonchev–Trinajstić information content (AvgIpc) is 2.26. The molecule has 0 aromatic carbocycles. The standard InChI is InChI=1S/C13H18N4/c1-13(14,9-17(2)3)12-7-6-10-11(16-12)5-4-8-15-10/h4-8H,9,14H2,1-3H3. The first-order valence-corrected chi connectivity index (χ1v) is 5.65. The second-order valence-corrected chi connectivity index (χ2v) is 4.89. The van der Waals surface area contributed by atoms with Crippen LogP contribution in [0.1, 0.15) is 12.6 Å². The number of fused-ring (bicyclic) bond motifs is 1. The van der Waals surface area contributed by atoms with Gasteiger partial charge in [0.1, 0.15) is 0 Å². The third-order valence-electron chi connectivity index (χ3n) is 2.69. The Kier molecular flexibility index (Phi) is 3.09. The first-order valence-electron chi connectivity index (χ1n) is 5.65. The van der Waals surface area contributed by atoms with Crippen molar-refractivity contribution in [3.63, 3.8) is 0 Å². The van der Waals surface area contributed by atoms with Crippen LogP contribution < -0.4 is 5.73 Å². The number of rotatable bonds is 3. The monoisotopic (exact) mass is 230 g/mol. The number of likely N-dealkylation sites (N-methyl/N-ethyl adjacent to an activating group) is 1. The number of aromatic nitrogens is 2. The van der Waals surface area contributed by atoms with Crippen LogP contribution in [0.3, 0.4) is 0 Å². The van der Waals surface area contributed by atoms with Crippen LogP contribution in [-0.2, 0) is 5.54 Å². The molecule has 2 aromatic heterocycles. The van der Waals surface area contributed by atoms with Gasteiger partial charge in [0.2, 0.25) is 0 Å². The molecule has 1 unspecified atom stereocenters. The molecule has 0 saturated carbocycles. The maximum absolute atomic E-state index is 6.31. The minimum atomic E-state index is -0.451. The predicted molar refractivity (Wildman–Crippen MR) is 69.6 cm³/mol. The van der Waals surface area contributed by atoms with Crippen molar-refractivity contribution >= 4 is 11.0 Å². The van der Waals surface area contributed by atoms with E-state index in [0.717, 1.165) is 23.3 Å². The van der Waals surface area contributed by atoms with Crippen molar-refractivity contribution < 1.29 is 0 Å². The zero-order valence-corrected chi connectivity index (χ0v) is 10.5. The summed E-state index contributed by atoms with van der Waals surface area (Å²) in [6.07, 6.45) is 1.77. The normalized spacial score (nSPS) is 15.1. The van der Waals surface area contributed by atoms with E-state index in [1.807, 2.05) is 45.3 Å². The van der Waals surface area contributed by atoms with E-state index in [4.69, 9.17) is 5.73 Å². The lowest BCUT2D eigenvalue weighted by atomic mass is 9.97. The molecule has 2 aromatic rings. The predicted octanol–water partition coefficient (Wildman–Crippen LogP) is 1.37. The lowest BCUT2D eigenvalue weighted by molar-refractivity contribution is 0.299. The minimum absolute atomic E-state index is 0.451. The summed E-state index contributed by atoms with van der Waals surface area (Å²) < 4.78 is 0. The molecule has 0 radical (unpaired) electrons. The van der Waals surface area contributed by atoms with Crippen LogP contribution in [0.5, 0.6) is 0 Å². The average molecular weight is 230 g/mol. The van der Waals surface area contributed by atoms with Crippen molar-refractivity contribution in [2.24, 2.45) is 5.73 Å². The molecule has 2 rings (SSSR count). The Labute approximate surface area is 101 Å². The van der Waals surface area contributed by atoms with Crippen molar-refractivity contribution in [3.8, 4) is 0 Å². The number of pyridine rings is 2. The van der Waals surface area contributed by atoms with Crippen LogP contribution >= 0.6 is 0 Å². The Balaban J connectivity index is 2.42. The van der Waals surface area contributed by atoms with Crippen LogP contribution in [0.4, 0.5) is 0 Å². The quantitative estimate of drug-likeness (QED) is 0.865. The molecule has 90 valence electrons. The third kappa shape index (κ3) is 2.60. The number of hydrogen-bond donors (Lipinski definition) is 1. The lowest BCUT2D eigenvalue weighted by Gasteiger charge is -2.27. The minimum Gasteiger partial charge on any atom is -0.319 e. The van der Waals surface area contributed by atoms with Crippen molar-refractivity contribution in [1.29, 1.82) is 0 Å². The molecule has 0 aliphatic heterocycles. The van der Waals surface area contributed by atoms with Gasteiger partial charge >= 0.3 is 0 Å². The molecule has 0 saturated heterocycles. The first kappa shape index (κ1) is 12.0. The van der Waals surface area contributed by atoms with E-state index in [1.54, 1.807) is 6.20 Å². The Morgan fingerprint density at radius 1 is 1.24 bits per heavy atom. The zero-order chi connectivity index (χ0) is 12.5. The fraction of sp³-hybridized carbons (Fsp3) is 0.385. The summed E-state index contributed by atoms with van der Waals surface area (Å²) in [7, 11) is 4.02. The van der Waals surface area contributed by atoms with E-state index in [2.05, 4.69) is 14.9 Å². The molecule has 0 bridgehead atoms. The fourth-order valence-electron chi connectivity index (χ4n) is 2.01. The maximum Gasteiger partial charge on any atom is 0.0890 e. The van der Waals surface area contributed by atoms with Crippen molar-refractivity contribution in [1.82, 2.24) is 14.9 Å². The SMILES string of the molecule is CN(C)CC(C)(N)c1ccc2ncccc2n1. The van der Waals surface area contributed by atoms with Gasteiger partial charge in [-0.1, -0.05) is 0 Å². The lowest BCUT2D eigenvalue weighted by Crippen LogP contribution is -2.43. The molecule has 0 aliphatic rings. The van der Waals surface area contributed by atoms with Crippen LogP contribution in [0.2, 0.25) is 0 Å². The maximum atomic E-state index is 6.31. The molecule has 17 heavy (non-hydrogen) atoms. The van der Waals surface area contributed by atoms with E-state index >= 15 is 0 Å². The van der Waals surface area contributed by atoms with Gasteiger partial charge in [-0.05, 0) is 45.3 Å². The van der Waals surface area contributed by atoms with Gasteiger partial charge in [0.25, 0.3) is 0 Å². The second kappa shape index (κ2) is 4.39. The van der Waals surface area contributed by atoms with E-state index in [1.165, 1.54) is 0 Å². The van der Waals surface area contributed by atoms with E-state index < -0.39 is 5.54 Å². The smallest absolute Gasteiger partial charge is 0.0890 e. The summed E-state index contributed by atoms with van der Waals surface area (Å²) in [6, 6.07) is 7.77. The Morgan fingerprint density at radius 3 is 2.71 bits per heavy atom. The van der Waals surface area contributed by atoms with E-state index in [0.29, 0.717) is 0 Å². The van der Waals surface area contributed by atoms with Gasteiger partial charge in [0, 0.05) is 12.7 Å². The highest BCUT2D eigenvalue weighted by atomic mass is 15.1. The van der Waals surface area contributed by atoms with Gasteiger partial charge < -0.3 is 10.6 Å². The van der Waals surface area contributed by atoms with Crippen molar-refractivity contribution in [2.45, 2.75) is 12.5 Å². The summed E-state index contributed by atoms with van der Waals surface area (Å²) in [5.41, 5.74) is 8.54. The molecule has 2 N–H and O–H groups in total. The molecule has 0 fully saturated rings. The molecule has 4 nitrogen and oxygen atoms in total. The van der Waals surface area contributed by atoms with Crippen LogP contribution in [0.25, 0.3) is 11.0 Å². The highest BCUT2D eigenvalue weighted by Crippen LogP contribution is 2.19. The number of nitrogens with zero attached hydrogens (tertiary/aromatic N) is 3. The molecule has 1 atom stereocenters. The first-order chi connectivity index (χ1) is 7.99. The van der Waals surface area contributed by atoms with Gasteiger partial charge in [-0.25, -0.2) is 4.98 Å². The van der Waals surface area contributed by atoms with E-state index in [-0.39, 0.29) is 0 Å². The van der Waals surface area contributed by atoms with Gasteiger partial charge in [0.15, 0.2) is 0 Å². The second-order valence-electron chi connectivity index (χ2n) is 4.89. The third-order valence-corrected chi connectivity index (χ3v) is 2.69. The summed E-state index contributed by atoms with van der Waals surface area (Å²) in [6.45, 7) is 2.75. The van der Waals surface area contributed by atoms with Crippen LogP contribution in [0.15, 0.2) is 30.5 Å². The van der Waals surface area contributed by atoms with Gasteiger partial charge in [-0.15, -0.1) is 0 Å². The topological polar surface area (TPSA) is 55.0 Å². The summed E-state index contributed by atoms with van der Waals surface area (Å²) >= 11 is 0. The Morgan fingerprint density at radius 2 is 2.00 bits per heavy atom. The van der Waals surface area contributed by atoms with Crippen molar-refractivity contribution in [3.05, 3.63) is 36.2 Å². The summed E-state index contributed by atoms with van der Waals surface area (Å²) in [5.74, 6) is 0. The van der Waals surface area contributed by atoms with Gasteiger partial charge in [-0.3, -0.25) is 4.98 Å². The van der Waals surface area contributed by atoms with Gasteiger partial charge in [0.05, 0.1) is 22.3 Å². The highest BCUT2D eigenvalue weighted by Gasteiger charge is 2.23. The zero-order valence-electron chi connectivity index (χ0n) is 10.5. The van der Waals surface area contributed by atoms with E-state index in [9.17, 15) is 0 Å². The van der Waals surface area contributed by atoms with Crippen molar-refractivity contribution in [2.75, 3.05) is 20.6 Å². The molecular formula is C13H18N4. The highest BCUT2D eigenvalue weighted by molar-refractivity contribution is 5.73. The molecular weight excluding hydrogens is 212 g/mol. The van der Waals surface area contributed by atoms with Gasteiger partial charge in [-0.2, -0.15) is 0 Å². The Bertz CT molecular complexity index is 520. The summed E-state index contributed by atoms with van der Waals surface area (Å²) in [4.78, 5) is 10.9. The molecule has 0 aliphatic carbocycles. The summed E-state index contributed by atoms with van der Waals surface area (Å²) in [5, 5.41) is 0. The molecule has 0 spiro atoms. The van der Waals surface area contributed by atoms with Crippen LogP contribution in [0, 0.1) is 0 Å². The number of hydrogen-bond acceptors (Lipinski definition) is 4. The molecule has 2 heterocycles. The largest absolute Gasteiger partial charge is 0.319 e.